The molecule has 1 atom stereocenters. The van der Waals surface area contributed by atoms with Crippen LogP contribution in [0, 0.1) is 23.2 Å². The van der Waals surface area contributed by atoms with Gasteiger partial charge in [-0.25, -0.2) is 16.8 Å². The van der Waals surface area contributed by atoms with E-state index in [0.717, 1.165) is 19.3 Å². The summed E-state index contributed by atoms with van der Waals surface area (Å²) in [5.74, 6) is 0.991. The van der Waals surface area contributed by atoms with Crippen LogP contribution in [-0.4, -0.2) is 50.0 Å². The molecule has 0 amide bonds. The molecule has 6 aromatic rings. The average Bonchev–Trinajstić information content (AvgIpc) is 3.25. The second kappa shape index (κ2) is 22.3. The van der Waals surface area contributed by atoms with Gasteiger partial charge in [0.1, 0.15) is 6.10 Å². The van der Waals surface area contributed by atoms with Gasteiger partial charge in [-0.3, -0.25) is 4.79 Å². The fourth-order valence-corrected chi connectivity index (χ4v) is 14.0. The Labute approximate surface area is 379 Å². The molecule has 6 aromatic carbocycles. The highest BCUT2D eigenvalue weighted by molar-refractivity contribution is 7.97. The summed E-state index contributed by atoms with van der Waals surface area (Å²) in [6.07, 6.45) is 6.11. The van der Waals surface area contributed by atoms with Crippen molar-refractivity contribution in [1.82, 2.24) is 0 Å². The number of carbonyl (C=O) groups excluding carboxylic acids is 1. The van der Waals surface area contributed by atoms with Crippen LogP contribution < -0.4 is 0 Å². The van der Waals surface area contributed by atoms with Crippen LogP contribution in [0.5, 0.6) is 0 Å². The van der Waals surface area contributed by atoms with Crippen LogP contribution in [0.25, 0.3) is 0 Å². The molecule has 0 radical (unpaired) electrons. The van der Waals surface area contributed by atoms with Gasteiger partial charge in [-0.15, -0.1) is 0 Å². The SMILES string of the molecule is CC(CS(=O)(=O)[O-])OC(=O)C12CC3CC(CC(C3)C1)C2.CS(=O)(=O)[O-].c1ccc([S+](c2ccccc2)c2ccccc2)cc1.c1ccc([S+](c2ccccc2)c2ccccc2)cc1. The van der Waals surface area contributed by atoms with E-state index in [9.17, 15) is 17.8 Å². The van der Waals surface area contributed by atoms with Crippen molar-refractivity contribution >= 4 is 48.0 Å². The van der Waals surface area contributed by atoms with Gasteiger partial charge in [-0.1, -0.05) is 109 Å². The van der Waals surface area contributed by atoms with Gasteiger partial charge in [0.25, 0.3) is 0 Å². The van der Waals surface area contributed by atoms with Crippen LogP contribution in [0.15, 0.2) is 211 Å². The highest BCUT2D eigenvalue weighted by atomic mass is 32.2. The van der Waals surface area contributed by atoms with E-state index in [2.05, 4.69) is 182 Å². The van der Waals surface area contributed by atoms with Gasteiger partial charge in [0, 0.05) is 6.26 Å². The van der Waals surface area contributed by atoms with E-state index >= 15 is 0 Å². The Morgan fingerprint density at radius 3 is 0.952 bits per heavy atom. The number of benzene rings is 6. The molecule has 330 valence electrons. The maximum atomic E-state index is 12.5. The highest BCUT2D eigenvalue weighted by Crippen LogP contribution is 2.60. The first kappa shape index (κ1) is 47.8. The molecule has 0 heterocycles. The quantitative estimate of drug-likeness (QED) is 0.0751. The third kappa shape index (κ3) is 14.7. The van der Waals surface area contributed by atoms with Crippen molar-refractivity contribution in [3.8, 4) is 0 Å². The van der Waals surface area contributed by atoms with Crippen molar-refractivity contribution in [1.29, 1.82) is 0 Å². The van der Waals surface area contributed by atoms with E-state index in [0.29, 0.717) is 24.0 Å². The van der Waals surface area contributed by atoms with Gasteiger partial charge < -0.3 is 13.8 Å². The lowest BCUT2D eigenvalue weighted by molar-refractivity contribution is -0.175. The van der Waals surface area contributed by atoms with Gasteiger partial charge in [0.15, 0.2) is 29.4 Å². The van der Waals surface area contributed by atoms with Gasteiger partial charge in [-0.05, 0) is 136 Å². The molecule has 4 aliphatic carbocycles. The van der Waals surface area contributed by atoms with Crippen molar-refractivity contribution in [2.75, 3.05) is 12.0 Å². The summed E-state index contributed by atoms with van der Waals surface area (Å²) < 4.78 is 64.7. The second-order valence-corrected chi connectivity index (χ2v) is 23.2. The van der Waals surface area contributed by atoms with Crippen LogP contribution in [0.3, 0.4) is 0 Å². The van der Waals surface area contributed by atoms with Crippen molar-refractivity contribution in [2.45, 2.75) is 80.9 Å². The number of carbonyl (C=O) groups is 1. The minimum absolute atomic E-state index is 0.0146. The monoisotopic (exact) mass is 922 g/mol. The Balaban J connectivity index is 0.000000149. The average molecular weight is 923 g/mol. The van der Waals surface area contributed by atoms with Gasteiger partial charge >= 0.3 is 5.97 Å². The second-order valence-electron chi connectivity index (χ2n) is 16.3. The summed E-state index contributed by atoms with van der Waals surface area (Å²) in [7, 11) is -8.30. The molecule has 0 N–H and O–H groups in total. The fourth-order valence-electron chi connectivity index (χ4n) is 9.15. The third-order valence-electron chi connectivity index (χ3n) is 11.1. The number of esters is 1. The summed E-state index contributed by atoms with van der Waals surface area (Å²) in [4.78, 5) is 20.6. The van der Waals surface area contributed by atoms with Crippen molar-refractivity contribution in [3.05, 3.63) is 182 Å². The Bertz CT molecular complexity index is 2180. The normalized spacial score (nSPS) is 20.2. The van der Waals surface area contributed by atoms with Gasteiger partial charge in [0.2, 0.25) is 0 Å². The zero-order valence-electron chi connectivity index (χ0n) is 35.5. The predicted octanol–water partition coefficient (Wildman–Crippen LogP) is 10.4. The lowest BCUT2D eigenvalue weighted by Crippen LogP contribution is -2.51. The van der Waals surface area contributed by atoms with E-state index in [-0.39, 0.29) is 27.8 Å². The molecule has 10 rings (SSSR count). The molecule has 1 unspecified atom stereocenters. The Morgan fingerprint density at radius 2 is 0.746 bits per heavy atom. The largest absolute Gasteiger partial charge is 0.748 e. The molecule has 12 heteroatoms. The summed E-state index contributed by atoms with van der Waals surface area (Å²) in [6, 6.07) is 64.3. The molecule has 0 aromatic heterocycles. The first-order valence-electron chi connectivity index (χ1n) is 21.0. The number of rotatable bonds is 10. The molecule has 4 aliphatic rings. The zero-order chi connectivity index (χ0) is 44.9. The standard InChI is InChI=1S/2C18H15S.C14H22O5S.CH4O3S/c2*1-4-10-16(11-5-1)19(17-12-6-2-7-13-17)18-14-8-3-9-15-18;1-9(8-20(16,17)18)19-13(15)14-5-10-2-11(6-14)4-12(3-10)7-14;1-5(2,3)4/h2*1-15H;9-12H,2-8H2,1H3,(H,16,17,18);1H3,(H,2,3,4)/q2*+1;;/p-2. The van der Waals surface area contributed by atoms with E-state index in [4.69, 9.17) is 17.7 Å². The molecule has 4 fully saturated rings. The fraction of sp³-hybridized carbons (Fsp3) is 0.275. The smallest absolute Gasteiger partial charge is 0.312 e. The van der Waals surface area contributed by atoms with Crippen molar-refractivity contribution in [3.63, 3.8) is 0 Å². The molecule has 0 aliphatic heterocycles. The zero-order valence-corrected chi connectivity index (χ0v) is 38.7. The number of hydrogen-bond acceptors (Lipinski definition) is 8. The maximum absolute atomic E-state index is 12.5. The molecular weight excluding hydrogens is 869 g/mol. The first-order chi connectivity index (χ1) is 30.2. The van der Waals surface area contributed by atoms with E-state index in [1.807, 2.05) is 0 Å². The Hall–Kier alpha value is -4.69. The van der Waals surface area contributed by atoms with Crippen LogP contribution in [0.2, 0.25) is 0 Å². The molecule has 8 nitrogen and oxygen atoms in total. The number of hydrogen-bond donors (Lipinski definition) is 0. The van der Waals surface area contributed by atoms with E-state index in [1.165, 1.54) is 55.6 Å². The van der Waals surface area contributed by atoms with Crippen LogP contribution >= 0.6 is 0 Å². The summed E-state index contributed by atoms with van der Waals surface area (Å²) in [5.41, 5.74) is -0.393. The first-order valence-corrected chi connectivity index (χ1v) is 26.8. The molecule has 4 bridgehead atoms. The van der Waals surface area contributed by atoms with Crippen molar-refractivity contribution < 1.29 is 35.5 Å². The third-order valence-corrected chi connectivity index (χ3v) is 16.4. The molecule has 0 saturated heterocycles. The van der Waals surface area contributed by atoms with Crippen LogP contribution in [0.4, 0.5) is 0 Å². The number of ether oxygens (including phenoxy) is 1. The molecule has 4 saturated carbocycles. The Morgan fingerprint density at radius 1 is 0.524 bits per heavy atom. The maximum Gasteiger partial charge on any atom is 0.312 e. The van der Waals surface area contributed by atoms with Crippen molar-refractivity contribution in [2.24, 2.45) is 23.2 Å². The topological polar surface area (TPSA) is 141 Å². The summed E-state index contributed by atoms with van der Waals surface area (Å²) in [6.45, 7) is 1.48. The lowest BCUT2D eigenvalue weighted by Gasteiger charge is -2.55. The van der Waals surface area contributed by atoms with E-state index in [1.54, 1.807) is 0 Å². The van der Waals surface area contributed by atoms with Crippen LogP contribution in [0.1, 0.15) is 45.4 Å². The minimum Gasteiger partial charge on any atom is -0.748 e. The molecule has 63 heavy (non-hydrogen) atoms. The Kier molecular flexibility index (Phi) is 16.9. The predicted molar refractivity (Wildman–Crippen MR) is 249 cm³/mol. The summed E-state index contributed by atoms with van der Waals surface area (Å²) in [5, 5.41) is 0. The minimum atomic E-state index is -4.35. The molecule has 0 spiro atoms. The van der Waals surface area contributed by atoms with Gasteiger partial charge in [-0.2, -0.15) is 0 Å². The summed E-state index contributed by atoms with van der Waals surface area (Å²) >= 11 is 0. The van der Waals surface area contributed by atoms with Gasteiger partial charge in [0.05, 0.1) is 53.2 Å². The highest BCUT2D eigenvalue weighted by Gasteiger charge is 2.55. The molecular formula is C51H54O8S4. The van der Waals surface area contributed by atoms with Crippen LogP contribution in [-0.2, 0) is 51.6 Å². The lowest BCUT2D eigenvalue weighted by atomic mass is 9.49. The van der Waals surface area contributed by atoms with E-state index < -0.39 is 37.5 Å².